The highest BCUT2D eigenvalue weighted by Gasteiger charge is 2.62. The number of piperazine rings is 1. The molecule has 0 aromatic heterocycles. The molecule has 0 unspecified atom stereocenters. The highest BCUT2D eigenvalue weighted by molar-refractivity contribution is 5.71. The van der Waals surface area contributed by atoms with Gasteiger partial charge in [-0.05, 0) is 40.2 Å². The number of likely N-dealkylation sites (tertiary alicyclic amines) is 1. The lowest BCUT2D eigenvalue weighted by Crippen LogP contribution is -2.68. The lowest BCUT2D eigenvalue weighted by molar-refractivity contribution is -0.0710. The maximum atomic E-state index is 12.9. The van der Waals surface area contributed by atoms with Crippen molar-refractivity contribution < 1.29 is 14.6 Å². The van der Waals surface area contributed by atoms with E-state index >= 15 is 0 Å². The number of nitrogens with zero attached hydrogens (tertiary/aromatic N) is 2. The third-order valence-corrected chi connectivity index (χ3v) is 5.33. The molecule has 2 saturated heterocycles. The van der Waals surface area contributed by atoms with E-state index in [1.165, 1.54) is 5.56 Å². The lowest BCUT2D eigenvalue weighted by atomic mass is 9.94. The van der Waals surface area contributed by atoms with Gasteiger partial charge in [-0.1, -0.05) is 30.3 Å². The van der Waals surface area contributed by atoms with Crippen molar-refractivity contribution >= 4 is 6.09 Å². The van der Waals surface area contributed by atoms with Crippen LogP contribution in [-0.2, 0) is 11.3 Å². The van der Waals surface area contributed by atoms with Gasteiger partial charge in [0.05, 0.1) is 17.2 Å². The molecule has 2 aliphatic heterocycles. The van der Waals surface area contributed by atoms with E-state index in [0.717, 1.165) is 13.1 Å². The van der Waals surface area contributed by atoms with Crippen LogP contribution in [0.15, 0.2) is 30.3 Å². The zero-order chi connectivity index (χ0) is 18.5. The number of benzene rings is 1. The quantitative estimate of drug-likeness (QED) is 0.894. The first-order valence-electron chi connectivity index (χ1n) is 9.01. The second kappa shape index (κ2) is 5.99. The third-order valence-electron chi connectivity index (χ3n) is 5.33. The summed E-state index contributed by atoms with van der Waals surface area (Å²) in [6.45, 7) is 11.8. The molecule has 0 saturated carbocycles. The average Bonchev–Trinajstić information content (AvgIpc) is 2.57. The van der Waals surface area contributed by atoms with Crippen LogP contribution in [0.2, 0.25) is 0 Å². The molecule has 2 bridgehead atoms. The minimum Gasteiger partial charge on any atom is -0.444 e. The van der Waals surface area contributed by atoms with Crippen LogP contribution in [0.25, 0.3) is 0 Å². The predicted octanol–water partition coefficient (Wildman–Crippen LogP) is 3.02. The van der Waals surface area contributed by atoms with Crippen LogP contribution < -0.4 is 0 Å². The Morgan fingerprint density at radius 1 is 1.24 bits per heavy atom. The van der Waals surface area contributed by atoms with Crippen molar-refractivity contribution in [3.8, 4) is 0 Å². The zero-order valence-electron chi connectivity index (χ0n) is 16.0. The highest BCUT2D eigenvalue weighted by atomic mass is 16.6. The molecular formula is C20H30N2O3. The number of rotatable bonds is 2. The molecule has 2 aliphatic rings. The van der Waals surface area contributed by atoms with E-state index in [4.69, 9.17) is 4.74 Å². The van der Waals surface area contributed by atoms with E-state index in [9.17, 15) is 9.90 Å². The van der Waals surface area contributed by atoms with Crippen LogP contribution in [0.4, 0.5) is 4.79 Å². The number of hydrogen-bond donors (Lipinski definition) is 1. The molecule has 2 fully saturated rings. The largest absolute Gasteiger partial charge is 0.444 e. The SMILES string of the molecule is CC(C)(C)OC(=O)N1[C@]2(C)C[C@H](O)[C@]1(C)CN(Cc1ccccc1)C2. The molecule has 0 spiro atoms. The van der Waals surface area contributed by atoms with Crippen LogP contribution in [0.5, 0.6) is 0 Å². The molecule has 0 aliphatic carbocycles. The monoisotopic (exact) mass is 346 g/mol. The summed E-state index contributed by atoms with van der Waals surface area (Å²) >= 11 is 0. The number of carbonyl (C=O) groups excluding carboxylic acids is 1. The normalized spacial score (nSPS) is 32.7. The molecule has 138 valence electrons. The van der Waals surface area contributed by atoms with Crippen molar-refractivity contribution in [2.45, 2.75) is 70.4 Å². The summed E-state index contributed by atoms with van der Waals surface area (Å²) in [5.41, 5.74) is -0.363. The molecule has 1 amide bonds. The van der Waals surface area contributed by atoms with Crippen molar-refractivity contribution in [2.75, 3.05) is 13.1 Å². The predicted molar refractivity (Wildman–Crippen MR) is 97.2 cm³/mol. The van der Waals surface area contributed by atoms with E-state index in [-0.39, 0.29) is 6.09 Å². The van der Waals surface area contributed by atoms with Gasteiger partial charge in [0.2, 0.25) is 0 Å². The van der Waals surface area contributed by atoms with E-state index in [0.29, 0.717) is 13.0 Å². The Morgan fingerprint density at radius 3 is 2.44 bits per heavy atom. The second-order valence-electron chi connectivity index (χ2n) is 9.02. The number of ether oxygens (including phenoxy) is 1. The summed E-state index contributed by atoms with van der Waals surface area (Å²) in [6.07, 6.45) is -0.298. The molecule has 1 aromatic rings. The maximum Gasteiger partial charge on any atom is 0.411 e. The third kappa shape index (κ3) is 3.40. The van der Waals surface area contributed by atoms with Gasteiger partial charge in [0.15, 0.2) is 0 Å². The molecule has 0 radical (unpaired) electrons. The molecule has 2 heterocycles. The zero-order valence-corrected chi connectivity index (χ0v) is 16.0. The molecule has 5 heteroatoms. The van der Waals surface area contributed by atoms with Crippen molar-refractivity contribution in [1.82, 2.24) is 9.80 Å². The maximum absolute atomic E-state index is 12.9. The summed E-state index contributed by atoms with van der Waals surface area (Å²) in [6, 6.07) is 10.3. The molecule has 3 atom stereocenters. The van der Waals surface area contributed by atoms with E-state index < -0.39 is 22.8 Å². The molecule has 3 rings (SSSR count). The highest BCUT2D eigenvalue weighted by Crippen LogP contribution is 2.46. The van der Waals surface area contributed by atoms with Gasteiger partial charge in [-0.15, -0.1) is 0 Å². The number of carbonyl (C=O) groups is 1. The Labute approximate surface area is 150 Å². The van der Waals surface area contributed by atoms with Crippen molar-refractivity contribution in [2.24, 2.45) is 0 Å². The minimum atomic E-state index is -0.635. The first-order chi connectivity index (χ1) is 11.5. The van der Waals surface area contributed by atoms with E-state index in [1.807, 2.05) is 45.9 Å². The number of aliphatic hydroxyl groups excluding tert-OH is 1. The lowest BCUT2D eigenvalue weighted by Gasteiger charge is -2.52. The van der Waals surface area contributed by atoms with Gasteiger partial charge in [-0.2, -0.15) is 0 Å². The first-order valence-corrected chi connectivity index (χ1v) is 9.01. The fourth-order valence-corrected chi connectivity index (χ4v) is 4.48. The van der Waals surface area contributed by atoms with Crippen LogP contribution in [-0.4, -0.2) is 56.9 Å². The van der Waals surface area contributed by atoms with Gasteiger partial charge in [0.1, 0.15) is 5.60 Å². The minimum absolute atomic E-state index is 0.326. The molecule has 1 aromatic carbocycles. The summed E-state index contributed by atoms with van der Waals surface area (Å²) in [5, 5.41) is 10.7. The Hall–Kier alpha value is -1.59. The van der Waals surface area contributed by atoms with E-state index in [2.05, 4.69) is 24.0 Å². The number of amides is 1. The number of fused-ring (bicyclic) bond motifs is 2. The standard InChI is InChI=1S/C20H30N2O3/c1-18(2,3)25-17(24)22-19(4)11-16(23)20(22,5)14-21(13-19)12-15-9-7-6-8-10-15/h6-10,16,23H,11-14H2,1-5H3/t16-,19+,20-/m0/s1. The van der Waals surface area contributed by atoms with Gasteiger partial charge in [-0.25, -0.2) is 4.79 Å². The topological polar surface area (TPSA) is 53.0 Å². The fraction of sp³-hybridized carbons (Fsp3) is 0.650. The Bertz CT molecular complexity index is 642. The smallest absolute Gasteiger partial charge is 0.411 e. The van der Waals surface area contributed by atoms with Gasteiger partial charge in [0.25, 0.3) is 0 Å². The fourth-order valence-electron chi connectivity index (χ4n) is 4.48. The molecular weight excluding hydrogens is 316 g/mol. The average molecular weight is 346 g/mol. The van der Waals surface area contributed by atoms with Crippen LogP contribution in [0.1, 0.15) is 46.6 Å². The Kier molecular flexibility index (Phi) is 4.36. The summed E-state index contributed by atoms with van der Waals surface area (Å²) < 4.78 is 5.65. The number of aliphatic hydroxyl groups is 1. The first kappa shape index (κ1) is 18.2. The van der Waals surface area contributed by atoms with Crippen LogP contribution >= 0.6 is 0 Å². The van der Waals surface area contributed by atoms with Crippen molar-refractivity contribution in [3.05, 3.63) is 35.9 Å². The van der Waals surface area contributed by atoms with Crippen LogP contribution in [0, 0.1) is 0 Å². The van der Waals surface area contributed by atoms with Gasteiger partial charge in [-0.3, -0.25) is 9.80 Å². The Morgan fingerprint density at radius 2 is 1.88 bits per heavy atom. The number of hydrogen-bond acceptors (Lipinski definition) is 4. The van der Waals surface area contributed by atoms with Crippen molar-refractivity contribution in [1.29, 1.82) is 0 Å². The van der Waals surface area contributed by atoms with Gasteiger partial charge in [0, 0.05) is 26.1 Å². The van der Waals surface area contributed by atoms with Gasteiger partial charge < -0.3 is 9.84 Å². The second-order valence-corrected chi connectivity index (χ2v) is 9.02. The van der Waals surface area contributed by atoms with Crippen molar-refractivity contribution in [3.63, 3.8) is 0 Å². The summed E-state index contributed by atoms with van der Waals surface area (Å²) in [4.78, 5) is 17.0. The summed E-state index contributed by atoms with van der Waals surface area (Å²) in [5.74, 6) is 0. The summed E-state index contributed by atoms with van der Waals surface area (Å²) in [7, 11) is 0. The van der Waals surface area contributed by atoms with Crippen LogP contribution in [0.3, 0.4) is 0 Å². The molecule has 5 nitrogen and oxygen atoms in total. The molecule has 25 heavy (non-hydrogen) atoms. The Balaban J connectivity index is 1.84. The van der Waals surface area contributed by atoms with E-state index in [1.54, 1.807) is 4.90 Å². The van der Waals surface area contributed by atoms with Gasteiger partial charge >= 0.3 is 6.09 Å². The molecule has 1 N–H and O–H groups in total.